The summed E-state index contributed by atoms with van der Waals surface area (Å²) in [6.07, 6.45) is -3.93. The van der Waals surface area contributed by atoms with E-state index in [1.807, 2.05) is 38.1 Å². The molecule has 110 valence electrons. The maximum Gasteiger partial charge on any atom is 0.416 e. The summed E-state index contributed by atoms with van der Waals surface area (Å²) in [5, 5.41) is 0. The molecule has 0 saturated carbocycles. The average molecular weight is 292 g/mol. The molecule has 1 heterocycles. The second kappa shape index (κ2) is 4.79. The smallest absolute Gasteiger partial charge is 0.416 e. The van der Waals surface area contributed by atoms with Gasteiger partial charge in [-0.2, -0.15) is 13.2 Å². The number of fused-ring (bicyclic) bond motifs is 1. The van der Waals surface area contributed by atoms with E-state index in [-0.39, 0.29) is 6.10 Å². The number of alkyl halides is 3. The molecule has 0 spiro atoms. The summed E-state index contributed by atoms with van der Waals surface area (Å²) in [4.78, 5) is 0. The van der Waals surface area contributed by atoms with Gasteiger partial charge in [-0.05, 0) is 42.7 Å². The van der Waals surface area contributed by atoms with Crippen molar-refractivity contribution in [1.82, 2.24) is 0 Å². The molecule has 0 fully saturated rings. The van der Waals surface area contributed by atoms with Crippen molar-refractivity contribution in [3.8, 4) is 16.9 Å². The number of ether oxygens (including phenoxy) is 1. The van der Waals surface area contributed by atoms with Gasteiger partial charge in [0.1, 0.15) is 11.9 Å². The molecule has 2 aromatic rings. The molecular formula is C17H15F3O. The number of hydrogen-bond donors (Lipinski definition) is 0. The van der Waals surface area contributed by atoms with Crippen LogP contribution in [0.5, 0.6) is 5.75 Å². The molecule has 4 heteroatoms. The van der Waals surface area contributed by atoms with E-state index in [0.717, 1.165) is 11.1 Å². The standard InChI is InChI=1S/C17H15F3O/c1-10-5-3-4-6-14(10)15-9-13(17(18,19)20)8-12-7-11(2)21-16(12)15/h3-6,8-9,11H,7H2,1-2H3. The first kappa shape index (κ1) is 14.0. The third-order valence-corrected chi connectivity index (χ3v) is 3.75. The van der Waals surface area contributed by atoms with Gasteiger partial charge in [0, 0.05) is 12.0 Å². The van der Waals surface area contributed by atoms with Crippen LogP contribution in [0.3, 0.4) is 0 Å². The Bertz CT molecular complexity index is 689. The summed E-state index contributed by atoms with van der Waals surface area (Å²) in [7, 11) is 0. The predicted octanol–water partition coefficient (Wildman–Crippen LogP) is 5.00. The lowest BCUT2D eigenvalue weighted by molar-refractivity contribution is -0.137. The third-order valence-electron chi connectivity index (χ3n) is 3.75. The summed E-state index contributed by atoms with van der Waals surface area (Å²) in [5.41, 5.74) is 2.27. The minimum Gasteiger partial charge on any atom is -0.489 e. The molecule has 1 aliphatic rings. The van der Waals surface area contributed by atoms with Crippen molar-refractivity contribution >= 4 is 0 Å². The van der Waals surface area contributed by atoms with Crippen molar-refractivity contribution in [2.75, 3.05) is 0 Å². The molecular weight excluding hydrogens is 277 g/mol. The zero-order chi connectivity index (χ0) is 15.2. The Morgan fingerprint density at radius 3 is 2.48 bits per heavy atom. The second-order valence-electron chi connectivity index (χ2n) is 5.46. The summed E-state index contributed by atoms with van der Waals surface area (Å²) in [6.45, 7) is 3.76. The van der Waals surface area contributed by atoms with Crippen LogP contribution in [0.4, 0.5) is 13.2 Å². The molecule has 0 amide bonds. The van der Waals surface area contributed by atoms with Crippen molar-refractivity contribution < 1.29 is 17.9 Å². The number of halogens is 3. The molecule has 1 aliphatic heterocycles. The number of rotatable bonds is 1. The van der Waals surface area contributed by atoms with Crippen molar-refractivity contribution in [3.63, 3.8) is 0 Å². The Hall–Kier alpha value is -1.97. The van der Waals surface area contributed by atoms with Crippen LogP contribution in [0.1, 0.15) is 23.6 Å². The average Bonchev–Trinajstić information content (AvgIpc) is 2.77. The lowest BCUT2D eigenvalue weighted by Crippen LogP contribution is -2.06. The molecule has 21 heavy (non-hydrogen) atoms. The van der Waals surface area contributed by atoms with Gasteiger partial charge < -0.3 is 4.74 Å². The van der Waals surface area contributed by atoms with Gasteiger partial charge in [0.25, 0.3) is 0 Å². The Labute approximate surface area is 121 Å². The largest absolute Gasteiger partial charge is 0.489 e. The molecule has 0 N–H and O–H groups in total. The van der Waals surface area contributed by atoms with Gasteiger partial charge in [-0.1, -0.05) is 24.3 Å². The van der Waals surface area contributed by atoms with Gasteiger partial charge in [0.05, 0.1) is 5.56 Å². The van der Waals surface area contributed by atoms with Crippen LogP contribution in [0.25, 0.3) is 11.1 Å². The van der Waals surface area contributed by atoms with Gasteiger partial charge in [-0.3, -0.25) is 0 Å². The SMILES string of the molecule is Cc1ccccc1-c1cc(C(F)(F)F)cc2c1OC(C)C2. The Morgan fingerprint density at radius 1 is 1.10 bits per heavy atom. The molecule has 1 atom stereocenters. The lowest BCUT2D eigenvalue weighted by atomic mass is 9.94. The van der Waals surface area contributed by atoms with E-state index < -0.39 is 11.7 Å². The first-order valence-corrected chi connectivity index (χ1v) is 6.83. The molecule has 3 rings (SSSR count). The maximum atomic E-state index is 13.1. The highest BCUT2D eigenvalue weighted by Crippen LogP contribution is 2.44. The zero-order valence-corrected chi connectivity index (χ0v) is 11.8. The number of benzene rings is 2. The van der Waals surface area contributed by atoms with Gasteiger partial charge in [-0.15, -0.1) is 0 Å². The molecule has 0 aromatic heterocycles. The second-order valence-corrected chi connectivity index (χ2v) is 5.46. The van der Waals surface area contributed by atoms with E-state index in [1.54, 1.807) is 0 Å². The van der Waals surface area contributed by atoms with Crippen LogP contribution in [0, 0.1) is 6.92 Å². The fraction of sp³-hybridized carbons (Fsp3) is 0.294. The van der Waals surface area contributed by atoms with Gasteiger partial charge in [0.15, 0.2) is 0 Å². The predicted molar refractivity (Wildman–Crippen MR) is 75.4 cm³/mol. The third kappa shape index (κ3) is 2.50. The summed E-state index contributed by atoms with van der Waals surface area (Å²) in [6, 6.07) is 9.82. The van der Waals surface area contributed by atoms with Gasteiger partial charge in [-0.25, -0.2) is 0 Å². The van der Waals surface area contributed by atoms with Gasteiger partial charge in [0.2, 0.25) is 0 Å². The van der Waals surface area contributed by atoms with Crippen molar-refractivity contribution in [1.29, 1.82) is 0 Å². The fourth-order valence-corrected chi connectivity index (χ4v) is 2.77. The summed E-state index contributed by atoms with van der Waals surface area (Å²) < 4.78 is 45.1. The van der Waals surface area contributed by atoms with E-state index in [4.69, 9.17) is 4.74 Å². The van der Waals surface area contributed by atoms with E-state index in [2.05, 4.69) is 0 Å². The van der Waals surface area contributed by atoms with E-state index in [9.17, 15) is 13.2 Å². The maximum absolute atomic E-state index is 13.1. The first-order chi connectivity index (χ1) is 9.86. The quantitative estimate of drug-likeness (QED) is 0.718. The highest BCUT2D eigenvalue weighted by Gasteiger charge is 2.34. The Kier molecular flexibility index (Phi) is 3.19. The lowest BCUT2D eigenvalue weighted by Gasteiger charge is -2.15. The molecule has 1 nitrogen and oxygen atoms in total. The topological polar surface area (TPSA) is 9.23 Å². The Balaban J connectivity index is 2.25. The van der Waals surface area contributed by atoms with Crippen molar-refractivity contribution in [2.45, 2.75) is 32.5 Å². The summed E-state index contributed by atoms with van der Waals surface area (Å²) >= 11 is 0. The van der Waals surface area contributed by atoms with Crippen LogP contribution in [0.15, 0.2) is 36.4 Å². The normalized spacial score (nSPS) is 17.5. The first-order valence-electron chi connectivity index (χ1n) is 6.83. The molecule has 0 saturated heterocycles. The molecule has 1 unspecified atom stereocenters. The highest BCUT2D eigenvalue weighted by molar-refractivity contribution is 5.76. The molecule has 2 aromatic carbocycles. The number of aryl methyl sites for hydroxylation is 1. The van der Waals surface area contributed by atoms with Crippen molar-refractivity contribution in [3.05, 3.63) is 53.1 Å². The molecule has 0 bridgehead atoms. The molecule has 0 aliphatic carbocycles. The minimum atomic E-state index is -4.35. The van der Waals surface area contributed by atoms with Crippen LogP contribution >= 0.6 is 0 Å². The zero-order valence-electron chi connectivity index (χ0n) is 11.8. The van der Waals surface area contributed by atoms with Crippen LogP contribution in [-0.4, -0.2) is 6.10 Å². The van der Waals surface area contributed by atoms with Crippen LogP contribution < -0.4 is 4.74 Å². The van der Waals surface area contributed by atoms with E-state index >= 15 is 0 Å². The Morgan fingerprint density at radius 2 is 1.81 bits per heavy atom. The highest BCUT2D eigenvalue weighted by atomic mass is 19.4. The summed E-state index contributed by atoms with van der Waals surface area (Å²) in [5.74, 6) is 0.588. The molecule has 0 radical (unpaired) electrons. The van der Waals surface area contributed by atoms with E-state index in [1.165, 1.54) is 12.1 Å². The van der Waals surface area contributed by atoms with Crippen LogP contribution in [-0.2, 0) is 12.6 Å². The monoisotopic (exact) mass is 292 g/mol. The van der Waals surface area contributed by atoms with Crippen LogP contribution in [0.2, 0.25) is 0 Å². The van der Waals surface area contributed by atoms with E-state index in [0.29, 0.717) is 23.3 Å². The minimum absolute atomic E-state index is 0.0914. The van der Waals surface area contributed by atoms with Crippen molar-refractivity contribution in [2.24, 2.45) is 0 Å². The van der Waals surface area contributed by atoms with Gasteiger partial charge >= 0.3 is 6.18 Å². The number of hydrogen-bond acceptors (Lipinski definition) is 1. The fourth-order valence-electron chi connectivity index (χ4n) is 2.77.